The van der Waals surface area contributed by atoms with Crippen LogP contribution in [0.1, 0.15) is 50.4 Å². The van der Waals surface area contributed by atoms with Gasteiger partial charge in [0, 0.05) is 26.0 Å². The third kappa shape index (κ3) is 6.82. The zero-order valence-electron chi connectivity index (χ0n) is 23.6. The van der Waals surface area contributed by atoms with Gasteiger partial charge in [0.1, 0.15) is 0 Å². The molecule has 0 bridgehead atoms. The highest BCUT2D eigenvalue weighted by molar-refractivity contribution is 7.99. The van der Waals surface area contributed by atoms with Crippen LogP contribution in [0, 0.1) is 0 Å². The van der Waals surface area contributed by atoms with Gasteiger partial charge in [-0.1, -0.05) is 17.8 Å². The highest BCUT2D eigenvalue weighted by Gasteiger charge is 2.33. The summed E-state index contributed by atoms with van der Waals surface area (Å²) in [4.78, 5) is 20.0. The number of amides is 1. The molecule has 0 unspecified atom stereocenters. The summed E-state index contributed by atoms with van der Waals surface area (Å²) in [6.45, 7) is 10.7. The molecule has 210 valence electrons. The molecule has 0 aliphatic carbocycles. The number of rotatable bonds is 13. The van der Waals surface area contributed by atoms with Gasteiger partial charge in [-0.2, -0.15) is 0 Å². The molecule has 39 heavy (non-hydrogen) atoms. The lowest BCUT2D eigenvalue weighted by Crippen LogP contribution is -2.42. The lowest BCUT2D eigenvalue weighted by Gasteiger charge is -2.38. The Morgan fingerprint density at radius 1 is 0.923 bits per heavy atom. The fourth-order valence-electron chi connectivity index (χ4n) is 4.91. The van der Waals surface area contributed by atoms with E-state index < -0.39 is 0 Å². The molecule has 1 amide bonds. The number of hydrogen-bond donors (Lipinski definition) is 0. The Morgan fingerprint density at radius 2 is 1.56 bits per heavy atom. The first-order valence-electron chi connectivity index (χ1n) is 13.7. The Bertz CT molecular complexity index is 1260. The summed E-state index contributed by atoms with van der Waals surface area (Å²) in [6, 6.07) is 10.0. The van der Waals surface area contributed by atoms with E-state index in [1.165, 1.54) is 17.3 Å². The van der Waals surface area contributed by atoms with Crippen LogP contribution in [0.3, 0.4) is 0 Å². The van der Waals surface area contributed by atoms with Crippen molar-refractivity contribution in [1.82, 2.24) is 14.5 Å². The summed E-state index contributed by atoms with van der Waals surface area (Å²) < 4.78 is 25.5. The monoisotopic (exact) mass is 553 g/mol. The van der Waals surface area contributed by atoms with Gasteiger partial charge in [0.15, 0.2) is 28.2 Å². The SMILES string of the molecule is CCOc1ccc(C[C@H]2c3cc(OCC)c(OCC)cc3CCN2C(=O)CSc2nccn2C)cc1OCC. The van der Waals surface area contributed by atoms with Gasteiger partial charge in [0.25, 0.3) is 0 Å². The molecule has 0 spiro atoms. The summed E-state index contributed by atoms with van der Waals surface area (Å²) >= 11 is 1.46. The number of benzene rings is 2. The lowest BCUT2D eigenvalue weighted by molar-refractivity contribution is -0.131. The van der Waals surface area contributed by atoms with Gasteiger partial charge in [-0.25, -0.2) is 4.98 Å². The number of nitrogens with zero attached hydrogens (tertiary/aromatic N) is 3. The van der Waals surface area contributed by atoms with Crippen molar-refractivity contribution in [3.8, 4) is 23.0 Å². The molecule has 4 rings (SSSR count). The number of aryl methyl sites for hydroxylation is 1. The molecule has 0 N–H and O–H groups in total. The van der Waals surface area contributed by atoms with E-state index in [9.17, 15) is 4.79 Å². The second kappa shape index (κ2) is 13.6. The Balaban J connectivity index is 1.69. The van der Waals surface area contributed by atoms with Crippen molar-refractivity contribution in [2.45, 2.75) is 51.7 Å². The van der Waals surface area contributed by atoms with Crippen molar-refractivity contribution in [2.24, 2.45) is 7.05 Å². The Hall–Kier alpha value is -3.33. The minimum Gasteiger partial charge on any atom is -0.490 e. The molecule has 2 heterocycles. The van der Waals surface area contributed by atoms with Crippen LogP contribution in [0.4, 0.5) is 0 Å². The van der Waals surface area contributed by atoms with E-state index in [4.69, 9.17) is 18.9 Å². The largest absolute Gasteiger partial charge is 0.490 e. The van der Waals surface area contributed by atoms with Crippen LogP contribution in [-0.2, 0) is 24.7 Å². The minimum atomic E-state index is -0.162. The predicted molar refractivity (Wildman–Crippen MR) is 153 cm³/mol. The molecule has 0 saturated carbocycles. The molecule has 0 fully saturated rings. The van der Waals surface area contributed by atoms with Crippen LogP contribution >= 0.6 is 11.8 Å². The minimum absolute atomic E-state index is 0.0847. The molecule has 8 nitrogen and oxygen atoms in total. The third-order valence-electron chi connectivity index (χ3n) is 6.62. The van der Waals surface area contributed by atoms with Gasteiger partial charge in [-0.3, -0.25) is 4.79 Å². The number of carbonyl (C=O) groups is 1. The van der Waals surface area contributed by atoms with Crippen LogP contribution in [0.2, 0.25) is 0 Å². The number of hydrogen-bond acceptors (Lipinski definition) is 7. The van der Waals surface area contributed by atoms with E-state index in [0.717, 1.165) is 40.0 Å². The highest BCUT2D eigenvalue weighted by Crippen LogP contribution is 2.41. The molecule has 2 aromatic carbocycles. The van der Waals surface area contributed by atoms with Crippen LogP contribution in [-0.4, -0.2) is 59.1 Å². The predicted octanol–water partition coefficient (Wildman–Crippen LogP) is 5.48. The number of fused-ring (bicyclic) bond motifs is 1. The van der Waals surface area contributed by atoms with Gasteiger partial charge in [0.05, 0.1) is 38.2 Å². The molecular formula is C30H39N3O5S. The smallest absolute Gasteiger partial charge is 0.233 e. The van der Waals surface area contributed by atoms with Crippen molar-refractivity contribution in [3.05, 3.63) is 59.4 Å². The number of thioether (sulfide) groups is 1. The number of imidazole rings is 1. The molecular weight excluding hydrogens is 514 g/mol. The van der Waals surface area contributed by atoms with Crippen LogP contribution in [0.15, 0.2) is 47.9 Å². The summed E-state index contributed by atoms with van der Waals surface area (Å²) in [5.74, 6) is 3.31. The standard InChI is InChI=1S/C30H39N3O5S/c1-6-35-25-11-10-21(17-26(25)36-7-2)16-24-23-19-28(38-9-4)27(37-8-3)18-22(23)12-14-33(24)29(34)20-39-30-31-13-15-32(30)5/h10-11,13,15,17-19,24H,6-9,12,14,16,20H2,1-5H3/t24-/m0/s1. The Morgan fingerprint density at radius 3 is 2.21 bits per heavy atom. The fourth-order valence-corrected chi connectivity index (χ4v) is 5.73. The summed E-state index contributed by atoms with van der Waals surface area (Å²) in [5.41, 5.74) is 3.35. The van der Waals surface area contributed by atoms with E-state index in [0.29, 0.717) is 50.9 Å². The maximum atomic E-state index is 13.7. The number of ether oxygens (including phenoxy) is 4. The number of carbonyl (C=O) groups excluding carboxylic acids is 1. The second-order valence-electron chi connectivity index (χ2n) is 9.18. The van der Waals surface area contributed by atoms with Crippen LogP contribution in [0.5, 0.6) is 23.0 Å². The lowest BCUT2D eigenvalue weighted by atomic mass is 9.88. The van der Waals surface area contributed by atoms with Gasteiger partial charge in [0.2, 0.25) is 5.91 Å². The van der Waals surface area contributed by atoms with Crippen molar-refractivity contribution in [3.63, 3.8) is 0 Å². The summed E-state index contributed by atoms with van der Waals surface area (Å²) in [6.07, 6.45) is 5.03. The fraction of sp³-hybridized carbons (Fsp3) is 0.467. The second-order valence-corrected chi connectivity index (χ2v) is 10.1. The zero-order valence-corrected chi connectivity index (χ0v) is 24.4. The van der Waals surface area contributed by atoms with Gasteiger partial charge >= 0.3 is 0 Å². The maximum Gasteiger partial charge on any atom is 0.233 e. The Kier molecular flexibility index (Phi) is 10.0. The van der Waals surface area contributed by atoms with Crippen molar-refractivity contribution in [2.75, 3.05) is 38.7 Å². The molecule has 1 aliphatic heterocycles. The highest BCUT2D eigenvalue weighted by atomic mass is 32.2. The molecule has 0 radical (unpaired) electrons. The normalized spacial score (nSPS) is 14.6. The van der Waals surface area contributed by atoms with E-state index in [2.05, 4.69) is 23.2 Å². The molecule has 3 aromatic rings. The number of aromatic nitrogens is 2. The summed E-state index contributed by atoms with van der Waals surface area (Å²) in [7, 11) is 1.94. The molecule has 1 aliphatic rings. The average molecular weight is 554 g/mol. The molecule has 9 heteroatoms. The molecule has 0 saturated heterocycles. The van der Waals surface area contributed by atoms with Crippen molar-refractivity contribution in [1.29, 1.82) is 0 Å². The average Bonchev–Trinajstić information content (AvgIpc) is 3.34. The maximum absolute atomic E-state index is 13.7. The van der Waals surface area contributed by atoms with Gasteiger partial charge in [-0.05, 0) is 81.5 Å². The van der Waals surface area contributed by atoms with Crippen LogP contribution in [0.25, 0.3) is 0 Å². The van der Waals surface area contributed by atoms with Gasteiger partial charge in [-0.15, -0.1) is 0 Å². The molecule has 1 atom stereocenters. The van der Waals surface area contributed by atoms with E-state index in [-0.39, 0.29) is 11.9 Å². The first kappa shape index (κ1) is 28.7. The van der Waals surface area contributed by atoms with Crippen LogP contribution < -0.4 is 18.9 Å². The van der Waals surface area contributed by atoms with E-state index >= 15 is 0 Å². The van der Waals surface area contributed by atoms with E-state index in [1.54, 1.807) is 6.20 Å². The van der Waals surface area contributed by atoms with E-state index in [1.807, 2.05) is 62.5 Å². The third-order valence-corrected chi connectivity index (χ3v) is 7.66. The quantitative estimate of drug-likeness (QED) is 0.260. The first-order chi connectivity index (χ1) is 19.0. The topological polar surface area (TPSA) is 75.0 Å². The van der Waals surface area contributed by atoms with Gasteiger partial charge < -0.3 is 28.4 Å². The van der Waals surface area contributed by atoms with Crippen molar-refractivity contribution >= 4 is 17.7 Å². The Labute approximate surface area is 235 Å². The molecule has 1 aromatic heterocycles. The zero-order chi connectivity index (χ0) is 27.8. The first-order valence-corrected chi connectivity index (χ1v) is 14.7. The van der Waals surface area contributed by atoms with Crippen molar-refractivity contribution < 1.29 is 23.7 Å². The summed E-state index contributed by atoms with van der Waals surface area (Å²) in [5, 5.41) is 0.824.